The Morgan fingerprint density at radius 2 is 1.64 bits per heavy atom. The molecule has 2 aliphatic carbocycles. The van der Waals surface area contributed by atoms with E-state index in [2.05, 4.69) is 56.0 Å². The summed E-state index contributed by atoms with van der Waals surface area (Å²) in [6.07, 6.45) is 6.97. The Labute approximate surface area is 261 Å². The van der Waals surface area contributed by atoms with Gasteiger partial charge < -0.3 is 15.5 Å². The normalized spacial score (nSPS) is 24.8. The van der Waals surface area contributed by atoms with Crippen LogP contribution < -0.4 is 20.9 Å². The van der Waals surface area contributed by atoms with Crippen LogP contribution in [-0.4, -0.2) is 77.1 Å². The van der Waals surface area contributed by atoms with Gasteiger partial charge in [0, 0.05) is 73.8 Å². The molecular formula is C34H37N7O4. The zero-order chi connectivity index (χ0) is 30.7. The number of benzene rings is 2. The molecule has 2 saturated heterocycles. The molecule has 0 bridgehead atoms. The van der Waals surface area contributed by atoms with Crippen LogP contribution in [0.1, 0.15) is 76.9 Å². The van der Waals surface area contributed by atoms with Crippen molar-refractivity contribution in [3.63, 3.8) is 0 Å². The van der Waals surface area contributed by atoms with E-state index in [1.54, 1.807) is 12.1 Å². The fourth-order valence-electron chi connectivity index (χ4n) is 7.27. The van der Waals surface area contributed by atoms with E-state index in [1.165, 1.54) is 35.3 Å². The molecule has 1 aromatic heterocycles. The summed E-state index contributed by atoms with van der Waals surface area (Å²) < 4.78 is 2.21. The average molecular weight is 608 g/mol. The van der Waals surface area contributed by atoms with E-state index in [-0.39, 0.29) is 18.7 Å². The molecule has 11 nitrogen and oxygen atoms in total. The van der Waals surface area contributed by atoms with E-state index in [9.17, 15) is 19.2 Å². The predicted molar refractivity (Wildman–Crippen MR) is 168 cm³/mol. The number of anilines is 2. The molecule has 4 heterocycles. The highest BCUT2D eigenvalue weighted by molar-refractivity contribution is 6.23. The number of aromatic nitrogens is 2. The molecule has 3 N–H and O–H groups in total. The summed E-state index contributed by atoms with van der Waals surface area (Å²) in [4.78, 5) is 53.6. The lowest BCUT2D eigenvalue weighted by Gasteiger charge is -2.35. The minimum Gasteiger partial charge on any atom is -0.385 e. The van der Waals surface area contributed by atoms with Crippen LogP contribution >= 0.6 is 0 Å². The first-order valence-corrected chi connectivity index (χ1v) is 16.2. The zero-order valence-electron chi connectivity index (χ0n) is 25.1. The number of para-hydroxylation sites is 1. The fourth-order valence-corrected chi connectivity index (χ4v) is 7.27. The Balaban J connectivity index is 0.924. The SMILES string of the molecule is O=C1CCC(N2C(=O)c3ccc(NCC4CC(n5cc(-c6ccccc6N6CCNCC6)c(C6CC6)n5)C4)cc3C2=O)C(=O)N1. The molecule has 11 heteroatoms. The van der Waals surface area contributed by atoms with E-state index in [1.807, 2.05) is 6.07 Å². The molecule has 4 fully saturated rings. The monoisotopic (exact) mass is 607 g/mol. The number of carbonyl (C=O) groups is 4. The lowest BCUT2D eigenvalue weighted by atomic mass is 9.80. The third kappa shape index (κ3) is 5.08. The molecule has 3 aromatic rings. The number of carbonyl (C=O) groups excluding carboxylic acids is 4. The van der Waals surface area contributed by atoms with Gasteiger partial charge in [-0.25, -0.2) is 0 Å². The molecule has 0 spiro atoms. The lowest BCUT2D eigenvalue weighted by Crippen LogP contribution is -2.54. The van der Waals surface area contributed by atoms with Gasteiger partial charge in [-0.1, -0.05) is 18.2 Å². The van der Waals surface area contributed by atoms with Crippen LogP contribution in [0.25, 0.3) is 11.1 Å². The molecular weight excluding hydrogens is 570 g/mol. The van der Waals surface area contributed by atoms with E-state index in [0.717, 1.165) is 56.2 Å². The Hall–Kier alpha value is -4.51. The Morgan fingerprint density at radius 1 is 0.867 bits per heavy atom. The van der Waals surface area contributed by atoms with Crippen LogP contribution in [0.15, 0.2) is 48.7 Å². The summed E-state index contributed by atoms with van der Waals surface area (Å²) in [5.74, 6) is -0.948. The molecule has 1 atom stereocenters. The van der Waals surface area contributed by atoms with Crippen molar-refractivity contribution in [2.75, 3.05) is 42.9 Å². The van der Waals surface area contributed by atoms with Crippen LogP contribution in [-0.2, 0) is 9.59 Å². The maximum absolute atomic E-state index is 13.2. The van der Waals surface area contributed by atoms with Gasteiger partial charge in [0.15, 0.2) is 0 Å². The van der Waals surface area contributed by atoms with Crippen LogP contribution in [0.5, 0.6) is 0 Å². The third-order valence-corrected chi connectivity index (χ3v) is 10.00. The first-order valence-electron chi connectivity index (χ1n) is 16.2. The van der Waals surface area contributed by atoms with Crippen LogP contribution in [0.2, 0.25) is 0 Å². The maximum Gasteiger partial charge on any atom is 0.262 e. The predicted octanol–water partition coefficient (Wildman–Crippen LogP) is 3.30. The smallest absolute Gasteiger partial charge is 0.262 e. The highest BCUT2D eigenvalue weighted by atomic mass is 16.2. The number of piperazine rings is 1. The number of amides is 4. The molecule has 4 amide bonds. The molecule has 2 saturated carbocycles. The molecule has 0 radical (unpaired) electrons. The van der Waals surface area contributed by atoms with Gasteiger partial charge >= 0.3 is 0 Å². The zero-order valence-corrected chi connectivity index (χ0v) is 25.1. The van der Waals surface area contributed by atoms with Crippen molar-refractivity contribution in [1.29, 1.82) is 0 Å². The molecule has 3 aliphatic heterocycles. The summed E-state index contributed by atoms with van der Waals surface area (Å²) in [5, 5.41) is 14.3. The summed E-state index contributed by atoms with van der Waals surface area (Å²) in [7, 11) is 0. The number of hydrogen-bond donors (Lipinski definition) is 3. The van der Waals surface area contributed by atoms with Gasteiger partial charge in [0.25, 0.3) is 11.8 Å². The minimum absolute atomic E-state index is 0.102. The van der Waals surface area contributed by atoms with E-state index < -0.39 is 23.8 Å². The second kappa shape index (κ2) is 11.1. The number of imide groups is 2. The van der Waals surface area contributed by atoms with Crippen molar-refractivity contribution in [2.24, 2.45) is 5.92 Å². The van der Waals surface area contributed by atoms with Gasteiger partial charge in [-0.15, -0.1) is 0 Å². The Morgan fingerprint density at radius 3 is 2.42 bits per heavy atom. The number of hydrogen-bond acceptors (Lipinski definition) is 8. The van der Waals surface area contributed by atoms with Gasteiger partial charge in [0.05, 0.1) is 22.9 Å². The standard InChI is InChI=1S/C34H37N7O4/c42-30-10-9-29(32(43)37-30)41-33(44)25-8-7-22(17-26(25)34(41)45)36-18-20-15-23(16-20)40-19-27(31(38-40)21-5-6-21)24-3-1-2-4-28(24)39-13-11-35-12-14-39/h1-4,7-8,17,19-21,23,29,35-36H,5-6,9-16,18H2,(H,37,42,43). The first-order chi connectivity index (χ1) is 21.9. The quantitative estimate of drug-likeness (QED) is 0.333. The van der Waals surface area contributed by atoms with Crippen LogP contribution in [0, 0.1) is 5.92 Å². The van der Waals surface area contributed by atoms with Gasteiger partial charge in [0.1, 0.15) is 6.04 Å². The van der Waals surface area contributed by atoms with Crippen molar-refractivity contribution in [3.05, 3.63) is 65.5 Å². The highest BCUT2D eigenvalue weighted by Gasteiger charge is 2.44. The first kappa shape index (κ1) is 28.0. The number of fused-ring (bicyclic) bond motifs is 1. The number of piperidine rings is 1. The lowest BCUT2D eigenvalue weighted by molar-refractivity contribution is -0.136. The third-order valence-electron chi connectivity index (χ3n) is 10.00. The number of rotatable bonds is 8. The van der Waals surface area contributed by atoms with Crippen molar-refractivity contribution in [1.82, 2.24) is 25.3 Å². The number of nitrogens with one attached hydrogen (secondary N) is 3. The van der Waals surface area contributed by atoms with Gasteiger partial charge in [-0.2, -0.15) is 5.10 Å². The van der Waals surface area contributed by atoms with E-state index >= 15 is 0 Å². The summed E-state index contributed by atoms with van der Waals surface area (Å²) >= 11 is 0. The topological polar surface area (TPSA) is 129 Å². The summed E-state index contributed by atoms with van der Waals surface area (Å²) in [6, 6.07) is 13.3. The van der Waals surface area contributed by atoms with Crippen molar-refractivity contribution >= 4 is 35.0 Å². The number of nitrogens with zero attached hydrogens (tertiary/aromatic N) is 4. The van der Waals surface area contributed by atoms with Crippen LogP contribution in [0.4, 0.5) is 11.4 Å². The van der Waals surface area contributed by atoms with Gasteiger partial charge in [0.2, 0.25) is 11.8 Å². The minimum atomic E-state index is -0.961. The van der Waals surface area contributed by atoms with Crippen LogP contribution in [0.3, 0.4) is 0 Å². The molecule has 45 heavy (non-hydrogen) atoms. The van der Waals surface area contributed by atoms with Crippen molar-refractivity contribution in [3.8, 4) is 11.1 Å². The fraction of sp³-hybridized carbons (Fsp3) is 0.441. The summed E-state index contributed by atoms with van der Waals surface area (Å²) in [5.41, 5.74) is 6.44. The highest BCUT2D eigenvalue weighted by Crippen LogP contribution is 2.47. The maximum atomic E-state index is 13.2. The van der Waals surface area contributed by atoms with E-state index in [0.29, 0.717) is 29.0 Å². The Kier molecular flexibility index (Phi) is 6.93. The van der Waals surface area contributed by atoms with E-state index in [4.69, 9.17) is 5.10 Å². The molecule has 5 aliphatic rings. The van der Waals surface area contributed by atoms with Gasteiger partial charge in [-0.05, 0) is 62.3 Å². The van der Waals surface area contributed by atoms with Gasteiger partial charge in [-0.3, -0.25) is 34.1 Å². The second-order valence-electron chi connectivity index (χ2n) is 13.0. The Bertz CT molecular complexity index is 1700. The summed E-state index contributed by atoms with van der Waals surface area (Å²) in [6.45, 7) is 4.77. The van der Waals surface area contributed by atoms with Crippen molar-refractivity contribution < 1.29 is 19.2 Å². The molecule has 1 unspecified atom stereocenters. The second-order valence-corrected chi connectivity index (χ2v) is 13.0. The molecule has 2 aromatic carbocycles. The molecule has 232 valence electrons. The molecule has 8 rings (SSSR count). The largest absolute Gasteiger partial charge is 0.385 e. The average Bonchev–Trinajstić information content (AvgIpc) is 3.74. The van der Waals surface area contributed by atoms with Crippen molar-refractivity contribution in [2.45, 2.75) is 56.5 Å².